The molecule has 5 rings (SSSR count). The molecule has 0 saturated heterocycles. The highest BCUT2D eigenvalue weighted by Crippen LogP contribution is 2.23. The lowest BCUT2D eigenvalue weighted by atomic mass is 9.91. The Bertz CT molecular complexity index is 1410. The molecule has 6 heteroatoms. The number of hydrogen-bond acceptors (Lipinski definition) is 5. The lowest BCUT2D eigenvalue weighted by Crippen LogP contribution is -1.99. The lowest BCUT2D eigenvalue weighted by Gasteiger charge is -2.15. The Kier molecular flexibility index (Phi) is 12.4. The standard InChI is InChI=1S/C17H17N3O.C10H13NS.C7H14/c1-12-3-6-14(7-4-12)15-9-10-20-16(8-5-13(2)21)18-19-17(20)11-15;1-4-8(2)5-6-10-7-12-9(3)11-10;1-7-5-3-2-4-6-7/h3-4,6-7,9-11,21H,2,5,8H2,1H3;4-7H,1-3H3;7H,2-6H2,1H3/b;6-5-,8-4-;. The van der Waals surface area contributed by atoms with Gasteiger partial charge in [-0.05, 0) is 62.9 Å². The Hall–Kier alpha value is -3.51. The van der Waals surface area contributed by atoms with Crippen molar-refractivity contribution in [3.8, 4) is 11.1 Å². The van der Waals surface area contributed by atoms with Crippen molar-refractivity contribution < 1.29 is 5.11 Å². The van der Waals surface area contributed by atoms with Crippen molar-refractivity contribution in [1.82, 2.24) is 19.6 Å². The zero-order valence-electron chi connectivity index (χ0n) is 24.7. The second-order valence-electron chi connectivity index (χ2n) is 10.6. The van der Waals surface area contributed by atoms with Gasteiger partial charge >= 0.3 is 0 Å². The Balaban J connectivity index is 0.000000194. The predicted molar refractivity (Wildman–Crippen MR) is 171 cm³/mol. The van der Waals surface area contributed by atoms with Crippen molar-refractivity contribution in [2.75, 3.05) is 0 Å². The van der Waals surface area contributed by atoms with Crippen LogP contribution in [0, 0.1) is 19.8 Å². The number of benzene rings is 1. The number of thiazole rings is 1. The number of aromatic nitrogens is 4. The Morgan fingerprint density at radius 1 is 1.07 bits per heavy atom. The van der Waals surface area contributed by atoms with Crippen LogP contribution in [0.3, 0.4) is 0 Å². The van der Waals surface area contributed by atoms with Crippen LogP contribution in [0.25, 0.3) is 22.9 Å². The zero-order chi connectivity index (χ0) is 28.9. The molecular weight excluding hydrogens is 512 g/mol. The van der Waals surface area contributed by atoms with Crippen LogP contribution in [0.5, 0.6) is 0 Å². The molecule has 3 aromatic heterocycles. The molecule has 0 atom stereocenters. The van der Waals surface area contributed by atoms with E-state index in [9.17, 15) is 5.11 Å². The molecular formula is C34H44N4OS. The van der Waals surface area contributed by atoms with Crippen molar-refractivity contribution >= 4 is 23.1 Å². The fourth-order valence-electron chi connectivity index (χ4n) is 4.37. The highest BCUT2D eigenvalue weighted by Gasteiger charge is 2.08. The van der Waals surface area contributed by atoms with Crippen LogP contribution in [0.1, 0.15) is 81.4 Å². The first-order valence-corrected chi connectivity index (χ1v) is 15.1. The fraction of sp³-hybridized carbons (Fsp3) is 0.382. The Morgan fingerprint density at radius 3 is 2.38 bits per heavy atom. The quantitative estimate of drug-likeness (QED) is 0.190. The Morgan fingerprint density at radius 2 is 1.80 bits per heavy atom. The number of nitrogens with zero attached hydrogens (tertiary/aromatic N) is 4. The molecule has 0 aliphatic heterocycles. The molecule has 0 spiro atoms. The second kappa shape index (κ2) is 15.9. The molecule has 5 nitrogen and oxygen atoms in total. The summed E-state index contributed by atoms with van der Waals surface area (Å²) >= 11 is 1.68. The van der Waals surface area contributed by atoms with E-state index in [-0.39, 0.29) is 5.76 Å². The third-order valence-electron chi connectivity index (χ3n) is 7.01. The molecule has 40 heavy (non-hydrogen) atoms. The lowest BCUT2D eigenvalue weighted by molar-refractivity contribution is 0.385. The molecule has 0 unspecified atom stereocenters. The van der Waals surface area contributed by atoms with E-state index in [1.54, 1.807) is 11.3 Å². The SMILES string of the molecule is C/C=C(C)\C=C/c1csc(C)n1.C=C(O)CCc1nnc2cc(-c3ccc(C)cc3)ccn12.CC1CCCCC1. The maximum absolute atomic E-state index is 9.19. The number of hydrogen-bond donors (Lipinski definition) is 1. The summed E-state index contributed by atoms with van der Waals surface area (Å²) < 4.78 is 1.95. The summed E-state index contributed by atoms with van der Waals surface area (Å²) in [7, 11) is 0. The van der Waals surface area contributed by atoms with Gasteiger partial charge in [-0.1, -0.05) is 93.2 Å². The van der Waals surface area contributed by atoms with Crippen molar-refractivity contribution in [1.29, 1.82) is 0 Å². The van der Waals surface area contributed by atoms with Crippen LogP contribution in [-0.4, -0.2) is 24.7 Å². The third-order valence-corrected chi connectivity index (χ3v) is 7.80. The fourth-order valence-corrected chi connectivity index (χ4v) is 4.95. The van der Waals surface area contributed by atoms with Gasteiger partial charge in [0, 0.05) is 24.4 Å². The van der Waals surface area contributed by atoms with Crippen LogP contribution in [0.4, 0.5) is 0 Å². The number of rotatable bonds is 6. The predicted octanol–water partition coefficient (Wildman–Crippen LogP) is 9.73. The molecule has 1 saturated carbocycles. The third kappa shape index (κ3) is 10.2. The van der Waals surface area contributed by atoms with E-state index in [0.29, 0.717) is 12.8 Å². The van der Waals surface area contributed by atoms with Crippen molar-refractivity contribution in [2.45, 2.75) is 79.6 Å². The maximum Gasteiger partial charge on any atom is 0.161 e. The molecule has 1 aromatic carbocycles. The first kappa shape index (κ1) is 31.0. The number of fused-ring (bicyclic) bond motifs is 1. The minimum Gasteiger partial charge on any atom is -0.513 e. The number of aliphatic hydroxyl groups is 1. The second-order valence-corrected chi connectivity index (χ2v) is 11.7. The summed E-state index contributed by atoms with van der Waals surface area (Å²) in [5, 5.41) is 20.7. The smallest absolute Gasteiger partial charge is 0.161 e. The maximum atomic E-state index is 9.19. The van der Waals surface area contributed by atoms with Gasteiger partial charge < -0.3 is 5.11 Å². The van der Waals surface area contributed by atoms with Gasteiger partial charge in [-0.25, -0.2) is 4.98 Å². The summed E-state index contributed by atoms with van der Waals surface area (Å²) in [4.78, 5) is 4.32. The summed E-state index contributed by atoms with van der Waals surface area (Å²) in [6.45, 7) is 14.1. The van der Waals surface area contributed by atoms with Gasteiger partial charge in [-0.2, -0.15) is 0 Å². The number of aryl methyl sites for hydroxylation is 3. The van der Waals surface area contributed by atoms with Gasteiger partial charge in [0.15, 0.2) is 5.65 Å². The number of aliphatic hydroxyl groups excluding tert-OH is 1. The van der Waals surface area contributed by atoms with Crippen molar-refractivity contribution in [2.24, 2.45) is 5.92 Å². The molecule has 1 aliphatic carbocycles. The van der Waals surface area contributed by atoms with Crippen LogP contribution in [0.15, 0.2) is 78.0 Å². The average Bonchev–Trinajstić information content (AvgIpc) is 3.57. The summed E-state index contributed by atoms with van der Waals surface area (Å²) in [6.07, 6.45) is 16.7. The van der Waals surface area contributed by atoms with Gasteiger partial charge in [0.2, 0.25) is 0 Å². The van der Waals surface area contributed by atoms with E-state index in [2.05, 4.69) is 90.4 Å². The van der Waals surface area contributed by atoms with E-state index < -0.39 is 0 Å². The summed E-state index contributed by atoms with van der Waals surface area (Å²) in [6, 6.07) is 12.5. The van der Waals surface area contributed by atoms with Crippen LogP contribution in [-0.2, 0) is 6.42 Å². The van der Waals surface area contributed by atoms with E-state index in [0.717, 1.165) is 39.2 Å². The topological polar surface area (TPSA) is 63.3 Å². The monoisotopic (exact) mass is 556 g/mol. The highest BCUT2D eigenvalue weighted by atomic mass is 32.1. The van der Waals surface area contributed by atoms with Crippen LogP contribution in [0.2, 0.25) is 0 Å². The van der Waals surface area contributed by atoms with Gasteiger partial charge in [0.05, 0.1) is 16.5 Å². The summed E-state index contributed by atoms with van der Waals surface area (Å²) in [5.41, 5.74) is 6.66. The average molecular weight is 557 g/mol. The molecule has 1 fully saturated rings. The highest BCUT2D eigenvalue weighted by molar-refractivity contribution is 7.09. The van der Waals surface area contributed by atoms with Crippen LogP contribution < -0.4 is 0 Å². The van der Waals surface area contributed by atoms with Crippen LogP contribution >= 0.6 is 11.3 Å². The zero-order valence-corrected chi connectivity index (χ0v) is 25.5. The van der Waals surface area contributed by atoms with Crippen molar-refractivity contribution in [3.05, 3.63) is 100 Å². The molecule has 1 N–H and O–H groups in total. The van der Waals surface area contributed by atoms with Gasteiger partial charge in [-0.15, -0.1) is 21.5 Å². The minimum absolute atomic E-state index is 0.169. The van der Waals surface area contributed by atoms with Gasteiger partial charge in [0.25, 0.3) is 0 Å². The molecule has 0 radical (unpaired) electrons. The molecule has 1 aliphatic rings. The van der Waals surface area contributed by atoms with E-state index in [1.165, 1.54) is 43.2 Å². The molecule has 212 valence electrons. The molecule has 4 aromatic rings. The number of pyridine rings is 1. The van der Waals surface area contributed by atoms with Gasteiger partial charge in [-0.3, -0.25) is 4.40 Å². The van der Waals surface area contributed by atoms with E-state index >= 15 is 0 Å². The molecule has 0 bridgehead atoms. The molecule has 3 heterocycles. The van der Waals surface area contributed by atoms with Gasteiger partial charge in [0.1, 0.15) is 5.82 Å². The summed E-state index contributed by atoms with van der Waals surface area (Å²) in [5.74, 6) is 2.03. The largest absolute Gasteiger partial charge is 0.513 e. The first-order valence-electron chi connectivity index (χ1n) is 14.3. The van der Waals surface area contributed by atoms with E-state index in [1.807, 2.05) is 36.6 Å². The number of allylic oxidation sites excluding steroid dienone is 4. The Labute approximate surface area is 244 Å². The molecule has 0 amide bonds. The van der Waals surface area contributed by atoms with E-state index in [4.69, 9.17) is 0 Å². The normalized spacial score (nSPS) is 14.0. The first-order chi connectivity index (χ1) is 19.2. The minimum atomic E-state index is 0.169. The van der Waals surface area contributed by atoms with Crippen molar-refractivity contribution in [3.63, 3.8) is 0 Å².